The number of ether oxygens (including phenoxy) is 1. The number of nitrogens with one attached hydrogen (secondary N) is 2. The highest BCUT2D eigenvalue weighted by Gasteiger charge is 2.27. The van der Waals surface area contributed by atoms with E-state index < -0.39 is 30.1 Å². The van der Waals surface area contributed by atoms with Crippen LogP contribution in [0.2, 0.25) is 0 Å². The lowest BCUT2D eigenvalue weighted by atomic mass is 10.0. The Hall–Kier alpha value is -2.22. The predicted molar refractivity (Wildman–Crippen MR) is 106 cm³/mol. The van der Waals surface area contributed by atoms with Crippen molar-refractivity contribution in [3.05, 3.63) is 35.9 Å². The molecule has 2 amide bonds. The molecule has 0 fully saturated rings. The zero-order valence-corrected chi connectivity index (χ0v) is 16.8. The number of carbonyl (C=O) groups excluding carboxylic acids is 2. The second-order valence-electron chi connectivity index (χ2n) is 6.57. The van der Waals surface area contributed by atoms with Crippen LogP contribution in [-0.4, -0.2) is 47.2 Å². The molecule has 7 nitrogen and oxygen atoms in total. The third-order valence-corrected chi connectivity index (χ3v) is 4.40. The summed E-state index contributed by atoms with van der Waals surface area (Å²) in [6, 6.07) is 7.36. The Morgan fingerprint density at radius 1 is 1.11 bits per heavy atom. The molecule has 8 heteroatoms. The molecular formula is C19H28N2O5S. The monoisotopic (exact) mass is 396 g/mol. The molecule has 1 aromatic rings. The van der Waals surface area contributed by atoms with Crippen LogP contribution in [0.1, 0.15) is 32.3 Å². The summed E-state index contributed by atoms with van der Waals surface area (Å²) in [4.78, 5) is 35.9. The minimum absolute atomic E-state index is 0.0919. The van der Waals surface area contributed by atoms with Crippen LogP contribution in [0.3, 0.4) is 0 Å². The number of hydrogen-bond donors (Lipinski definition) is 3. The predicted octanol–water partition coefficient (Wildman–Crippen LogP) is 2.65. The van der Waals surface area contributed by atoms with Gasteiger partial charge in [0, 0.05) is 0 Å². The molecule has 3 N–H and O–H groups in total. The average molecular weight is 397 g/mol. The van der Waals surface area contributed by atoms with E-state index in [1.165, 1.54) is 11.8 Å². The summed E-state index contributed by atoms with van der Waals surface area (Å²) in [5.74, 6) is -0.861. The molecule has 0 unspecified atom stereocenters. The molecule has 0 aliphatic heterocycles. The number of benzene rings is 1. The van der Waals surface area contributed by atoms with Gasteiger partial charge in [-0.2, -0.15) is 11.8 Å². The molecule has 27 heavy (non-hydrogen) atoms. The van der Waals surface area contributed by atoms with Gasteiger partial charge >= 0.3 is 12.1 Å². The van der Waals surface area contributed by atoms with Crippen LogP contribution < -0.4 is 10.6 Å². The van der Waals surface area contributed by atoms with Crippen molar-refractivity contribution in [3.8, 4) is 0 Å². The van der Waals surface area contributed by atoms with Gasteiger partial charge in [-0.3, -0.25) is 4.79 Å². The van der Waals surface area contributed by atoms with Gasteiger partial charge in [0.2, 0.25) is 5.91 Å². The second kappa shape index (κ2) is 12.2. The minimum atomic E-state index is -1.09. The van der Waals surface area contributed by atoms with Crippen LogP contribution in [0.5, 0.6) is 0 Å². The van der Waals surface area contributed by atoms with Gasteiger partial charge in [-0.1, -0.05) is 44.2 Å². The van der Waals surface area contributed by atoms with E-state index in [0.29, 0.717) is 18.6 Å². The fourth-order valence-electron chi connectivity index (χ4n) is 2.38. The SMILES string of the molecule is CSCC[C@@H](NC(=O)OCc1ccccc1)C(=O)N[C@@H](CC(C)C)C(=O)O. The number of aliphatic carboxylic acids is 1. The van der Waals surface area contributed by atoms with Crippen LogP contribution >= 0.6 is 11.8 Å². The van der Waals surface area contributed by atoms with Crippen molar-refractivity contribution in [1.29, 1.82) is 0 Å². The fourth-order valence-corrected chi connectivity index (χ4v) is 2.85. The van der Waals surface area contributed by atoms with E-state index in [1.54, 1.807) is 0 Å². The van der Waals surface area contributed by atoms with Gasteiger partial charge in [0.25, 0.3) is 0 Å². The van der Waals surface area contributed by atoms with E-state index in [2.05, 4.69) is 10.6 Å². The number of rotatable bonds is 11. The quantitative estimate of drug-likeness (QED) is 0.531. The molecule has 1 aromatic carbocycles. The smallest absolute Gasteiger partial charge is 0.408 e. The number of alkyl carbamates (subject to hydrolysis) is 1. The van der Waals surface area contributed by atoms with Crippen LogP contribution in [-0.2, 0) is 20.9 Å². The van der Waals surface area contributed by atoms with Crippen molar-refractivity contribution in [1.82, 2.24) is 10.6 Å². The Balaban J connectivity index is 2.65. The van der Waals surface area contributed by atoms with E-state index in [4.69, 9.17) is 4.74 Å². The number of carboxylic acids is 1. The zero-order chi connectivity index (χ0) is 20.2. The van der Waals surface area contributed by atoms with Crippen LogP contribution in [0.25, 0.3) is 0 Å². The van der Waals surface area contributed by atoms with Crippen molar-refractivity contribution in [3.63, 3.8) is 0 Å². The lowest BCUT2D eigenvalue weighted by Crippen LogP contribution is -2.52. The van der Waals surface area contributed by atoms with E-state index in [0.717, 1.165) is 5.56 Å². The molecule has 0 saturated carbocycles. The van der Waals surface area contributed by atoms with E-state index >= 15 is 0 Å². The number of carbonyl (C=O) groups is 3. The van der Waals surface area contributed by atoms with E-state index in [-0.39, 0.29) is 12.5 Å². The van der Waals surface area contributed by atoms with Gasteiger partial charge in [0.15, 0.2) is 0 Å². The lowest BCUT2D eigenvalue weighted by Gasteiger charge is -2.22. The third-order valence-electron chi connectivity index (χ3n) is 3.75. The molecule has 0 heterocycles. The van der Waals surface area contributed by atoms with Crippen LogP contribution in [0.15, 0.2) is 30.3 Å². The first-order valence-corrected chi connectivity index (χ1v) is 10.2. The minimum Gasteiger partial charge on any atom is -0.480 e. The maximum Gasteiger partial charge on any atom is 0.408 e. The maximum absolute atomic E-state index is 12.5. The third kappa shape index (κ3) is 9.33. The molecule has 1 rings (SSSR count). The van der Waals surface area contributed by atoms with Crippen LogP contribution in [0, 0.1) is 5.92 Å². The van der Waals surface area contributed by atoms with Gasteiger partial charge in [-0.05, 0) is 36.3 Å². The molecular weight excluding hydrogens is 368 g/mol. The van der Waals surface area contributed by atoms with Gasteiger partial charge in [-0.25, -0.2) is 9.59 Å². The van der Waals surface area contributed by atoms with Gasteiger partial charge in [-0.15, -0.1) is 0 Å². The molecule has 0 aliphatic rings. The fraction of sp³-hybridized carbons (Fsp3) is 0.526. The van der Waals surface area contributed by atoms with Gasteiger partial charge < -0.3 is 20.5 Å². The second-order valence-corrected chi connectivity index (χ2v) is 7.55. The summed E-state index contributed by atoms with van der Waals surface area (Å²) in [6.07, 6.45) is 1.87. The molecule has 0 radical (unpaired) electrons. The number of amides is 2. The first-order valence-electron chi connectivity index (χ1n) is 8.82. The molecule has 0 spiro atoms. The molecule has 0 bridgehead atoms. The zero-order valence-electron chi connectivity index (χ0n) is 15.9. The molecule has 0 aliphatic carbocycles. The van der Waals surface area contributed by atoms with Gasteiger partial charge in [0.1, 0.15) is 18.7 Å². The summed E-state index contributed by atoms with van der Waals surface area (Å²) < 4.78 is 5.15. The number of thioether (sulfide) groups is 1. The summed E-state index contributed by atoms with van der Waals surface area (Å²) in [7, 11) is 0. The Kier molecular flexibility index (Phi) is 10.3. The van der Waals surface area contributed by atoms with Crippen molar-refractivity contribution in [2.45, 2.75) is 45.4 Å². The maximum atomic E-state index is 12.5. The Labute approximate surface area is 164 Å². The topological polar surface area (TPSA) is 105 Å². The number of hydrogen-bond acceptors (Lipinski definition) is 5. The highest BCUT2D eigenvalue weighted by Crippen LogP contribution is 2.08. The highest BCUT2D eigenvalue weighted by atomic mass is 32.2. The highest BCUT2D eigenvalue weighted by molar-refractivity contribution is 7.98. The van der Waals surface area contributed by atoms with Crippen molar-refractivity contribution in [2.24, 2.45) is 5.92 Å². The first kappa shape index (κ1) is 22.8. The lowest BCUT2D eigenvalue weighted by molar-refractivity contribution is -0.142. The summed E-state index contributed by atoms with van der Waals surface area (Å²) in [5, 5.41) is 14.3. The Bertz CT molecular complexity index is 609. The van der Waals surface area contributed by atoms with Crippen molar-refractivity contribution >= 4 is 29.7 Å². The molecule has 150 valence electrons. The largest absolute Gasteiger partial charge is 0.480 e. The van der Waals surface area contributed by atoms with E-state index in [1.807, 2.05) is 50.4 Å². The van der Waals surface area contributed by atoms with Gasteiger partial charge in [0.05, 0.1) is 0 Å². The standard InChI is InChI=1S/C19H28N2O5S/c1-13(2)11-16(18(23)24)20-17(22)15(9-10-27-3)21-19(25)26-12-14-7-5-4-6-8-14/h4-8,13,15-16H,9-12H2,1-3H3,(H,20,22)(H,21,25)(H,23,24)/t15-,16+/m1/s1. The van der Waals surface area contributed by atoms with Crippen molar-refractivity contribution in [2.75, 3.05) is 12.0 Å². The van der Waals surface area contributed by atoms with Crippen molar-refractivity contribution < 1.29 is 24.2 Å². The first-order chi connectivity index (χ1) is 12.8. The average Bonchev–Trinajstić information content (AvgIpc) is 2.63. The summed E-state index contributed by atoms with van der Waals surface area (Å²) in [6.45, 7) is 3.85. The van der Waals surface area contributed by atoms with Crippen LogP contribution in [0.4, 0.5) is 4.79 Å². The normalized spacial score (nSPS) is 12.9. The molecule has 0 saturated heterocycles. The number of carboxylic acid groups (broad SMARTS) is 1. The Morgan fingerprint density at radius 3 is 2.33 bits per heavy atom. The Morgan fingerprint density at radius 2 is 1.78 bits per heavy atom. The molecule has 0 aromatic heterocycles. The van der Waals surface area contributed by atoms with E-state index in [9.17, 15) is 19.5 Å². The summed E-state index contributed by atoms with van der Waals surface area (Å²) >= 11 is 1.53. The molecule has 2 atom stereocenters. The summed E-state index contributed by atoms with van der Waals surface area (Å²) in [5.41, 5.74) is 0.834.